The normalized spacial score (nSPS) is 10.5. The first-order chi connectivity index (χ1) is 15.8. The molecule has 1 aromatic heterocycles. The van der Waals surface area contributed by atoms with Crippen LogP contribution in [0.2, 0.25) is 0 Å². The van der Waals surface area contributed by atoms with E-state index in [4.69, 9.17) is 14.2 Å². The average molecular weight is 497 g/mol. The van der Waals surface area contributed by atoms with Crippen molar-refractivity contribution in [2.24, 2.45) is 0 Å². The van der Waals surface area contributed by atoms with Crippen LogP contribution in [0.25, 0.3) is 0 Å². The molecule has 33 heavy (non-hydrogen) atoms. The lowest BCUT2D eigenvalue weighted by molar-refractivity contribution is -0.113. The van der Waals surface area contributed by atoms with Crippen LogP contribution in [0, 0.1) is 11.6 Å². The third-order valence-electron chi connectivity index (χ3n) is 4.09. The number of ether oxygens (including phenoxy) is 3. The second kappa shape index (κ2) is 10.9. The summed E-state index contributed by atoms with van der Waals surface area (Å²) in [6, 6.07) is 5.84. The Bertz CT molecular complexity index is 1150. The molecule has 0 fully saturated rings. The van der Waals surface area contributed by atoms with E-state index in [-0.39, 0.29) is 22.1 Å². The van der Waals surface area contributed by atoms with Gasteiger partial charge in [0.25, 0.3) is 5.91 Å². The highest BCUT2D eigenvalue weighted by Crippen LogP contribution is 2.38. The smallest absolute Gasteiger partial charge is 0.257 e. The maximum absolute atomic E-state index is 13.6. The summed E-state index contributed by atoms with van der Waals surface area (Å²) in [5.41, 5.74) is 0.118. The van der Waals surface area contributed by atoms with E-state index in [9.17, 15) is 18.4 Å². The minimum absolute atomic E-state index is 0.0910. The maximum atomic E-state index is 13.6. The molecule has 1 heterocycles. The first-order valence-corrected chi connectivity index (χ1v) is 11.0. The molecule has 2 N–H and O–H groups in total. The van der Waals surface area contributed by atoms with Gasteiger partial charge in [0, 0.05) is 11.6 Å². The zero-order valence-corrected chi connectivity index (χ0v) is 19.2. The van der Waals surface area contributed by atoms with Crippen LogP contribution in [-0.2, 0) is 4.79 Å². The number of methoxy groups -OCH3 is 3. The van der Waals surface area contributed by atoms with Crippen molar-refractivity contribution in [3.8, 4) is 17.2 Å². The Morgan fingerprint density at radius 1 is 1.00 bits per heavy atom. The van der Waals surface area contributed by atoms with E-state index < -0.39 is 23.4 Å². The molecule has 0 atom stereocenters. The molecular weight excluding hydrogens is 478 g/mol. The fraction of sp³-hybridized carbons (Fsp3) is 0.200. The molecule has 0 aliphatic heterocycles. The third kappa shape index (κ3) is 6.08. The van der Waals surface area contributed by atoms with E-state index in [2.05, 4.69) is 20.8 Å². The van der Waals surface area contributed by atoms with Gasteiger partial charge in [0.05, 0.1) is 32.8 Å². The summed E-state index contributed by atoms with van der Waals surface area (Å²) < 4.78 is 42.7. The lowest BCUT2D eigenvalue weighted by Gasteiger charge is -2.13. The van der Waals surface area contributed by atoms with Crippen molar-refractivity contribution >= 4 is 45.7 Å². The summed E-state index contributed by atoms with van der Waals surface area (Å²) in [7, 11) is 4.33. The Morgan fingerprint density at radius 3 is 2.30 bits per heavy atom. The lowest BCUT2D eigenvalue weighted by Crippen LogP contribution is -2.15. The number of thioether (sulfide) groups is 1. The van der Waals surface area contributed by atoms with Crippen LogP contribution in [-0.4, -0.2) is 49.1 Å². The quantitative estimate of drug-likeness (QED) is 0.340. The molecule has 0 spiro atoms. The van der Waals surface area contributed by atoms with Crippen LogP contribution >= 0.6 is 23.1 Å². The Labute approximate surface area is 195 Å². The first-order valence-electron chi connectivity index (χ1n) is 9.17. The summed E-state index contributed by atoms with van der Waals surface area (Å²) in [5, 5.41) is 13.0. The van der Waals surface area contributed by atoms with Gasteiger partial charge >= 0.3 is 0 Å². The van der Waals surface area contributed by atoms with E-state index in [0.29, 0.717) is 27.7 Å². The molecule has 2 aromatic carbocycles. The summed E-state index contributed by atoms with van der Waals surface area (Å²) in [6.07, 6.45) is 0. The lowest BCUT2D eigenvalue weighted by atomic mass is 10.1. The Balaban J connectivity index is 1.60. The number of amides is 2. The van der Waals surface area contributed by atoms with Crippen molar-refractivity contribution in [1.82, 2.24) is 10.2 Å². The van der Waals surface area contributed by atoms with Crippen molar-refractivity contribution in [3.63, 3.8) is 0 Å². The number of nitrogens with zero attached hydrogens (tertiary/aromatic N) is 2. The molecule has 9 nitrogen and oxygen atoms in total. The largest absolute Gasteiger partial charge is 0.493 e. The molecule has 0 unspecified atom stereocenters. The minimum Gasteiger partial charge on any atom is -0.493 e. The maximum Gasteiger partial charge on any atom is 0.257 e. The SMILES string of the molecule is COc1cc(C(=O)Nc2nnc(SCC(=O)Nc3ccc(F)cc3F)s2)cc(OC)c1OC. The Morgan fingerprint density at radius 2 is 1.70 bits per heavy atom. The molecule has 13 heteroatoms. The van der Waals surface area contributed by atoms with Crippen LogP contribution in [0.1, 0.15) is 10.4 Å². The predicted molar refractivity (Wildman–Crippen MR) is 120 cm³/mol. The van der Waals surface area contributed by atoms with E-state index in [1.165, 1.54) is 33.5 Å². The summed E-state index contributed by atoms with van der Waals surface area (Å²) in [4.78, 5) is 24.7. The molecular formula is C20H18F2N4O5S2. The van der Waals surface area contributed by atoms with E-state index in [1.54, 1.807) is 0 Å². The number of hydrogen-bond acceptors (Lipinski definition) is 9. The highest BCUT2D eigenvalue weighted by atomic mass is 32.2. The molecule has 0 bridgehead atoms. The number of hydrogen-bond donors (Lipinski definition) is 2. The van der Waals surface area contributed by atoms with Crippen LogP contribution in [0.3, 0.4) is 0 Å². The van der Waals surface area contributed by atoms with Gasteiger partial charge in [-0.05, 0) is 24.3 Å². The van der Waals surface area contributed by atoms with Gasteiger partial charge in [-0.25, -0.2) is 8.78 Å². The fourth-order valence-corrected chi connectivity index (χ4v) is 4.15. The molecule has 3 rings (SSSR count). The monoisotopic (exact) mass is 496 g/mol. The van der Waals surface area contributed by atoms with Crippen LogP contribution in [0.15, 0.2) is 34.7 Å². The van der Waals surface area contributed by atoms with Gasteiger partial charge in [0.15, 0.2) is 15.8 Å². The van der Waals surface area contributed by atoms with Gasteiger partial charge in [-0.2, -0.15) is 0 Å². The summed E-state index contributed by atoms with van der Waals surface area (Å²) in [5.74, 6) is -1.71. The molecule has 0 saturated heterocycles. The molecule has 3 aromatic rings. The predicted octanol–water partition coefficient (Wildman–Crippen LogP) is 3.83. The van der Waals surface area contributed by atoms with Crippen molar-refractivity contribution in [2.45, 2.75) is 4.34 Å². The summed E-state index contributed by atoms with van der Waals surface area (Å²) in [6.45, 7) is 0. The van der Waals surface area contributed by atoms with Crippen LogP contribution in [0.4, 0.5) is 19.6 Å². The number of carbonyl (C=O) groups is 2. The molecule has 174 valence electrons. The molecule has 0 aliphatic carbocycles. The topological polar surface area (TPSA) is 112 Å². The van der Waals surface area contributed by atoms with Gasteiger partial charge < -0.3 is 19.5 Å². The number of aromatic nitrogens is 2. The highest BCUT2D eigenvalue weighted by molar-refractivity contribution is 8.01. The van der Waals surface area contributed by atoms with Crippen molar-refractivity contribution < 1.29 is 32.6 Å². The average Bonchev–Trinajstić information content (AvgIpc) is 3.25. The van der Waals surface area contributed by atoms with E-state index in [1.807, 2.05) is 0 Å². The van der Waals surface area contributed by atoms with Gasteiger partial charge in [0.2, 0.25) is 16.8 Å². The molecule has 0 radical (unpaired) electrons. The zero-order valence-electron chi connectivity index (χ0n) is 17.6. The van der Waals surface area contributed by atoms with Crippen molar-refractivity contribution in [3.05, 3.63) is 47.5 Å². The number of rotatable bonds is 9. The Kier molecular flexibility index (Phi) is 8.01. The minimum atomic E-state index is -0.874. The molecule has 0 saturated carbocycles. The van der Waals surface area contributed by atoms with Gasteiger partial charge in [-0.3, -0.25) is 14.9 Å². The van der Waals surface area contributed by atoms with Gasteiger partial charge in [-0.15, -0.1) is 10.2 Å². The number of benzene rings is 2. The van der Waals surface area contributed by atoms with Crippen LogP contribution < -0.4 is 24.8 Å². The van der Waals surface area contributed by atoms with Gasteiger partial charge in [0.1, 0.15) is 11.6 Å². The number of carbonyl (C=O) groups excluding carboxylic acids is 2. The van der Waals surface area contributed by atoms with E-state index >= 15 is 0 Å². The summed E-state index contributed by atoms with van der Waals surface area (Å²) >= 11 is 2.10. The molecule has 0 aliphatic rings. The second-order valence-corrected chi connectivity index (χ2v) is 8.40. The third-order valence-corrected chi connectivity index (χ3v) is 6.06. The number of nitrogens with one attached hydrogen (secondary N) is 2. The first kappa shape index (κ1) is 24.2. The fourth-order valence-electron chi connectivity index (χ4n) is 2.60. The van der Waals surface area contributed by atoms with Gasteiger partial charge in [-0.1, -0.05) is 23.1 Å². The molecule has 2 amide bonds. The van der Waals surface area contributed by atoms with Crippen molar-refractivity contribution in [1.29, 1.82) is 0 Å². The number of anilines is 2. The second-order valence-electron chi connectivity index (χ2n) is 6.20. The zero-order chi connectivity index (χ0) is 24.0. The van der Waals surface area contributed by atoms with Crippen LogP contribution in [0.5, 0.6) is 17.2 Å². The Hall–Kier alpha value is -3.45. The number of halogens is 2. The van der Waals surface area contributed by atoms with E-state index in [0.717, 1.165) is 35.2 Å². The van der Waals surface area contributed by atoms with Crippen molar-refractivity contribution in [2.75, 3.05) is 37.7 Å². The highest BCUT2D eigenvalue weighted by Gasteiger charge is 2.18. The standard InChI is InChI=1S/C20H18F2N4O5S2/c1-29-14-6-10(7-15(30-2)17(14)31-3)18(28)24-19-25-26-20(33-19)32-9-16(27)23-13-5-4-11(21)8-12(13)22/h4-8H,9H2,1-3H3,(H,23,27)(H,24,25,28).